The molecule has 0 unspecified atom stereocenters. The predicted octanol–water partition coefficient (Wildman–Crippen LogP) is 2.25. The van der Waals surface area contributed by atoms with Gasteiger partial charge in [0.2, 0.25) is 0 Å². The molecule has 2 bridgehead atoms. The molecular weight excluding hydrogens is 386 g/mol. The molecule has 2 atom stereocenters. The monoisotopic (exact) mass is 407 g/mol. The van der Waals surface area contributed by atoms with Crippen molar-refractivity contribution in [3.05, 3.63) is 74.7 Å². The molecule has 1 N–H and O–H groups in total. The second-order valence-corrected chi connectivity index (χ2v) is 8.45. The van der Waals surface area contributed by atoms with E-state index in [-0.39, 0.29) is 22.9 Å². The van der Waals surface area contributed by atoms with E-state index >= 15 is 0 Å². The fraction of sp³-hybridized carbons (Fsp3) is 0.333. The van der Waals surface area contributed by atoms with Crippen LogP contribution in [0.3, 0.4) is 0 Å². The van der Waals surface area contributed by atoms with Gasteiger partial charge in [0.1, 0.15) is 11.4 Å². The third-order valence-electron chi connectivity index (χ3n) is 5.76. The summed E-state index contributed by atoms with van der Waals surface area (Å²) < 4.78 is 1.81. The quantitative estimate of drug-likeness (QED) is 0.718. The van der Waals surface area contributed by atoms with E-state index in [0.717, 1.165) is 36.6 Å². The Bertz CT molecular complexity index is 1080. The lowest BCUT2D eigenvalue weighted by atomic mass is 9.83. The number of rotatable bonds is 4. The molecule has 8 heteroatoms. The van der Waals surface area contributed by atoms with Crippen LogP contribution in [-0.2, 0) is 13.1 Å². The zero-order valence-electron chi connectivity index (χ0n) is 15.8. The van der Waals surface area contributed by atoms with E-state index in [4.69, 9.17) is 0 Å². The predicted molar refractivity (Wildman–Crippen MR) is 111 cm³/mol. The van der Waals surface area contributed by atoms with Crippen LogP contribution in [0.5, 0.6) is 0 Å². The summed E-state index contributed by atoms with van der Waals surface area (Å²) in [6.07, 6.45) is 6.22. The second kappa shape index (κ2) is 7.44. The Balaban J connectivity index is 1.38. The van der Waals surface area contributed by atoms with E-state index in [1.165, 1.54) is 0 Å². The number of carbonyl (C=O) groups excluding carboxylic acids is 1. The van der Waals surface area contributed by atoms with Crippen molar-refractivity contribution in [3.8, 4) is 0 Å². The standard InChI is InChI=1S/C21H21N5O2S/c27-20(24-8-14-3-6-29-13-14)17-1-2-18-16-7-15(11-26(18)21(17)28)10-25(12-16)19-9-22-4-5-23-19/h1-6,9,13,15-16H,7-8,10-12H2,(H,24,27)/t15-,16+/m0/s1. The average molecular weight is 407 g/mol. The van der Waals surface area contributed by atoms with Crippen LogP contribution < -0.4 is 15.8 Å². The van der Waals surface area contributed by atoms with Crippen molar-refractivity contribution in [2.75, 3.05) is 18.0 Å². The first kappa shape index (κ1) is 18.1. The van der Waals surface area contributed by atoms with Crippen molar-refractivity contribution in [3.63, 3.8) is 0 Å². The van der Waals surface area contributed by atoms with Crippen LogP contribution in [0.25, 0.3) is 0 Å². The maximum absolute atomic E-state index is 13.1. The molecule has 0 radical (unpaired) electrons. The number of nitrogens with one attached hydrogen (secondary N) is 1. The van der Waals surface area contributed by atoms with Crippen LogP contribution in [0.1, 0.15) is 34.0 Å². The van der Waals surface area contributed by atoms with E-state index in [1.54, 1.807) is 36.0 Å². The molecule has 2 aliphatic heterocycles. The van der Waals surface area contributed by atoms with Crippen LogP contribution in [0.4, 0.5) is 5.82 Å². The van der Waals surface area contributed by atoms with Gasteiger partial charge in [-0.2, -0.15) is 11.3 Å². The van der Waals surface area contributed by atoms with Crippen molar-refractivity contribution in [2.24, 2.45) is 5.92 Å². The summed E-state index contributed by atoms with van der Waals surface area (Å²) >= 11 is 1.59. The van der Waals surface area contributed by atoms with Gasteiger partial charge in [0.15, 0.2) is 0 Å². The SMILES string of the molecule is O=C(NCc1ccsc1)c1ccc2n(c1=O)C[C@H]1C[C@@H]2CN(c2cnccn2)C1. The Morgan fingerprint density at radius 1 is 1.21 bits per heavy atom. The maximum Gasteiger partial charge on any atom is 0.263 e. The van der Waals surface area contributed by atoms with Gasteiger partial charge in [-0.15, -0.1) is 0 Å². The van der Waals surface area contributed by atoms with Crippen LogP contribution in [0.2, 0.25) is 0 Å². The smallest absolute Gasteiger partial charge is 0.263 e. The molecule has 1 fully saturated rings. The van der Waals surface area contributed by atoms with Crippen LogP contribution >= 0.6 is 11.3 Å². The number of anilines is 1. The fourth-order valence-corrected chi connectivity index (χ4v) is 5.10. The molecule has 7 nitrogen and oxygen atoms in total. The molecule has 148 valence electrons. The number of thiophene rings is 1. The fourth-order valence-electron chi connectivity index (χ4n) is 4.43. The number of carbonyl (C=O) groups is 1. The summed E-state index contributed by atoms with van der Waals surface area (Å²) in [4.78, 5) is 36.5. The lowest BCUT2D eigenvalue weighted by Crippen LogP contribution is -2.48. The molecule has 3 aromatic heterocycles. The van der Waals surface area contributed by atoms with Crippen LogP contribution in [0.15, 0.2) is 52.3 Å². The minimum Gasteiger partial charge on any atom is -0.354 e. The molecule has 5 rings (SSSR count). The molecular formula is C21H21N5O2S. The molecule has 29 heavy (non-hydrogen) atoms. The van der Waals surface area contributed by atoms with Crippen molar-refractivity contribution in [1.82, 2.24) is 19.9 Å². The van der Waals surface area contributed by atoms with Gasteiger partial charge < -0.3 is 14.8 Å². The first-order chi connectivity index (χ1) is 14.2. The summed E-state index contributed by atoms with van der Waals surface area (Å²) in [5.41, 5.74) is 2.08. The third kappa shape index (κ3) is 3.44. The highest BCUT2D eigenvalue weighted by atomic mass is 32.1. The molecule has 0 saturated carbocycles. The van der Waals surface area contributed by atoms with Gasteiger partial charge >= 0.3 is 0 Å². The topological polar surface area (TPSA) is 80.1 Å². The highest BCUT2D eigenvalue weighted by Crippen LogP contribution is 2.36. The third-order valence-corrected chi connectivity index (χ3v) is 6.49. The largest absolute Gasteiger partial charge is 0.354 e. The molecule has 5 heterocycles. The number of hydrogen-bond acceptors (Lipinski definition) is 6. The Morgan fingerprint density at radius 2 is 2.14 bits per heavy atom. The Hall–Kier alpha value is -3.00. The van der Waals surface area contributed by atoms with Gasteiger partial charge in [0.05, 0.1) is 6.20 Å². The zero-order chi connectivity index (χ0) is 19.8. The Morgan fingerprint density at radius 3 is 2.93 bits per heavy atom. The van der Waals surface area contributed by atoms with Gasteiger partial charge in [-0.25, -0.2) is 4.98 Å². The van der Waals surface area contributed by atoms with E-state index in [2.05, 4.69) is 20.2 Å². The number of fused-ring (bicyclic) bond motifs is 4. The highest BCUT2D eigenvalue weighted by molar-refractivity contribution is 7.07. The Labute approximate surface area is 172 Å². The van der Waals surface area contributed by atoms with Crippen molar-refractivity contribution in [1.29, 1.82) is 0 Å². The van der Waals surface area contributed by atoms with Gasteiger partial charge in [-0.3, -0.25) is 14.6 Å². The first-order valence-corrected chi connectivity index (χ1v) is 10.7. The lowest BCUT2D eigenvalue weighted by Gasteiger charge is -2.43. The minimum absolute atomic E-state index is 0.187. The van der Waals surface area contributed by atoms with Crippen LogP contribution in [0, 0.1) is 5.92 Å². The summed E-state index contributed by atoms with van der Waals surface area (Å²) in [7, 11) is 0. The Kier molecular flexibility index (Phi) is 4.63. The lowest BCUT2D eigenvalue weighted by molar-refractivity contribution is 0.0948. The van der Waals surface area contributed by atoms with Gasteiger partial charge in [-0.1, -0.05) is 0 Å². The van der Waals surface area contributed by atoms with E-state index in [0.29, 0.717) is 19.0 Å². The first-order valence-electron chi connectivity index (χ1n) is 9.73. The number of piperidine rings is 1. The molecule has 3 aromatic rings. The van der Waals surface area contributed by atoms with E-state index in [1.807, 2.05) is 27.5 Å². The summed E-state index contributed by atoms with van der Waals surface area (Å²) in [6, 6.07) is 5.59. The molecule has 0 spiro atoms. The molecule has 2 aliphatic rings. The van der Waals surface area contributed by atoms with Crippen LogP contribution in [-0.4, -0.2) is 33.5 Å². The summed E-state index contributed by atoms with van der Waals surface area (Å²) in [6.45, 7) is 2.71. The van der Waals surface area contributed by atoms with E-state index < -0.39 is 0 Å². The number of aromatic nitrogens is 3. The minimum atomic E-state index is -0.312. The van der Waals surface area contributed by atoms with Crippen molar-refractivity contribution < 1.29 is 4.79 Å². The second-order valence-electron chi connectivity index (χ2n) is 7.67. The van der Waals surface area contributed by atoms with E-state index in [9.17, 15) is 9.59 Å². The molecule has 0 aliphatic carbocycles. The summed E-state index contributed by atoms with van der Waals surface area (Å²) in [5, 5.41) is 6.82. The van der Waals surface area contributed by atoms with Crippen molar-refractivity contribution >= 4 is 23.1 Å². The molecule has 0 aromatic carbocycles. The number of pyridine rings is 1. The number of nitrogens with zero attached hydrogens (tertiary/aromatic N) is 4. The van der Waals surface area contributed by atoms with Gasteiger partial charge in [-0.05, 0) is 46.9 Å². The normalized spacial score (nSPS) is 20.2. The highest BCUT2D eigenvalue weighted by Gasteiger charge is 2.35. The van der Waals surface area contributed by atoms with Crippen molar-refractivity contribution in [2.45, 2.75) is 25.4 Å². The molecule has 1 amide bonds. The zero-order valence-corrected chi connectivity index (χ0v) is 16.6. The van der Waals surface area contributed by atoms with Gasteiger partial charge in [0, 0.05) is 50.2 Å². The number of amides is 1. The maximum atomic E-state index is 13.1. The molecule has 1 saturated heterocycles. The van der Waals surface area contributed by atoms with Gasteiger partial charge in [0.25, 0.3) is 11.5 Å². The average Bonchev–Trinajstić information content (AvgIpc) is 3.27. The summed E-state index contributed by atoms with van der Waals surface area (Å²) in [5.74, 6) is 1.17. The number of hydrogen-bond donors (Lipinski definition) is 1.